The van der Waals surface area contributed by atoms with Gasteiger partial charge in [0.05, 0.1) is 0 Å². The van der Waals surface area contributed by atoms with Crippen LogP contribution in [-0.4, -0.2) is 34.7 Å². The van der Waals surface area contributed by atoms with Gasteiger partial charge in [0.2, 0.25) is 0 Å². The standard InChI is InChI=1S/C11H19NO2S/c1-4-5-12-11(9(13)14)6-10(2,3)7-15-8-11/h4,12H,1,5-8H2,2-3H3,(H,13,14). The molecule has 0 bridgehead atoms. The largest absolute Gasteiger partial charge is 0.480 e. The van der Waals surface area contributed by atoms with Crippen molar-refractivity contribution in [1.82, 2.24) is 5.32 Å². The SMILES string of the molecule is C=CCNC1(C(=O)O)CSCC(C)(C)C1. The molecule has 0 aromatic carbocycles. The fourth-order valence-corrected chi connectivity index (χ4v) is 3.45. The molecule has 0 aromatic rings. The first-order chi connectivity index (χ1) is 6.92. The predicted octanol–water partition coefficient (Wildman–Crippen LogP) is 1.75. The summed E-state index contributed by atoms with van der Waals surface area (Å²) in [6.45, 7) is 8.39. The molecule has 1 unspecified atom stereocenters. The van der Waals surface area contributed by atoms with Gasteiger partial charge in [-0.2, -0.15) is 11.8 Å². The van der Waals surface area contributed by atoms with E-state index >= 15 is 0 Å². The molecule has 1 atom stereocenters. The average Bonchev–Trinajstić information content (AvgIpc) is 2.13. The first-order valence-corrected chi connectivity index (χ1v) is 6.24. The Hall–Kier alpha value is -0.480. The van der Waals surface area contributed by atoms with Crippen LogP contribution in [0.2, 0.25) is 0 Å². The first-order valence-electron chi connectivity index (χ1n) is 5.09. The van der Waals surface area contributed by atoms with Crippen LogP contribution in [0.5, 0.6) is 0 Å². The quantitative estimate of drug-likeness (QED) is 0.721. The zero-order valence-corrected chi connectivity index (χ0v) is 10.2. The molecule has 1 heterocycles. The molecule has 0 saturated carbocycles. The predicted molar refractivity (Wildman–Crippen MR) is 64.3 cm³/mol. The van der Waals surface area contributed by atoms with E-state index in [9.17, 15) is 9.90 Å². The zero-order chi connectivity index (χ0) is 11.5. The van der Waals surface area contributed by atoms with Gasteiger partial charge in [0.15, 0.2) is 0 Å². The second-order valence-corrected chi connectivity index (χ2v) is 5.88. The molecular formula is C11H19NO2S. The Balaban J connectivity index is 2.80. The van der Waals surface area contributed by atoms with Crippen molar-refractivity contribution in [1.29, 1.82) is 0 Å². The molecule has 0 spiro atoms. The Kier molecular flexibility index (Phi) is 3.84. The summed E-state index contributed by atoms with van der Waals surface area (Å²) < 4.78 is 0. The summed E-state index contributed by atoms with van der Waals surface area (Å²) in [5, 5.41) is 12.4. The molecule has 1 aliphatic heterocycles. The topological polar surface area (TPSA) is 49.3 Å². The van der Waals surface area contributed by atoms with Crippen LogP contribution in [0.4, 0.5) is 0 Å². The highest BCUT2D eigenvalue weighted by atomic mass is 32.2. The van der Waals surface area contributed by atoms with Gasteiger partial charge in [-0.1, -0.05) is 19.9 Å². The van der Waals surface area contributed by atoms with Crippen molar-refractivity contribution in [3.63, 3.8) is 0 Å². The highest BCUT2D eigenvalue weighted by Crippen LogP contribution is 2.39. The Morgan fingerprint density at radius 2 is 2.27 bits per heavy atom. The lowest BCUT2D eigenvalue weighted by atomic mass is 9.80. The second kappa shape index (κ2) is 4.58. The van der Waals surface area contributed by atoms with Gasteiger partial charge in [-0.3, -0.25) is 10.1 Å². The van der Waals surface area contributed by atoms with Gasteiger partial charge in [-0.15, -0.1) is 6.58 Å². The number of nitrogens with one attached hydrogen (secondary N) is 1. The van der Waals surface area contributed by atoms with E-state index in [0.717, 1.165) is 5.75 Å². The van der Waals surface area contributed by atoms with E-state index in [1.54, 1.807) is 17.8 Å². The molecule has 0 aliphatic carbocycles. The summed E-state index contributed by atoms with van der Waals surface area (Å²) in [6, 6.07) is 0. The van der Waals surface area contributed by atoms with E-state index in [1.165, 1.54) is 0 Å². The van der Waals surface area contributed by atoms with Crippen molar-refractivity contribution in [2.45, 2.75) is 25.8 Å². The van der Waals surface area contributed by atoms with E-state index in [-0.39, 0.29) is 5.41 Å². The highest BCUT2D eigenvalue weighted by Gasteiger charge is 2.45. The molecule has 0 aromatic heterocycles. The van der Waals surface area contributed by atoms with Crippen LogP contribution in [-0.2, 0) is 4.79 Å². The number of rotatable bonds is 4. The average molecular weight is 229 g/mol. The minimum absolute atomic E-state index is 0.0788. The third-order valence-electron chi connectivity index (χ3n) is 2.62. The number of hydrogen-bond donors (Lipinski definition) is 2. The van der Waals surface area contributed by atoms with Gasteiger partial charge in [0, 0.05) is 12.3 Å². The van der Waals surface area contributed by atoms with Crippen LogP contribution in [0.25, 0.3) is 0 Å². The van der Waals surface area contributed by atoms with Crippen molar-refractivity contribution in [2.75, 3.05) is 18.1 Å². The van der Waals surface area contributed by atoms with Crippen molar-refractivity contribution >= 4 is 17.7 Å². The number of carboxylic acid groups (broad SMARTS) is 1. The van der Waals surface area contributed by atoms with Crippen LogP contribution >= 0.6 is 11.8 Å². The van der Waals surface area contributed by atoms with Gasteiger partial charge < -0.3 is 5.11 Å². The minimum Gasteiger partial charge on any atom is -0.480 e. The molecule has 0 amide bonds. The molecule has 1 saturated heterocycles. The van der Waals surface area contributed by atoms with Gasteiger partial charge in [-0.25, -0.2) is 0 Å². The molecule has 3 nitrogen and oxygen atoms in total. The lowest BCUT2D eigenvalue weighted by Gasteiger charge is -2.42. The summed E-state index contributed by atoms with van der Waals surface area (Å²) in [5.41, 5.74) is -0.698. The molecule has 1 fully saturated rings. The fraction of sp³-hybridized carbons (Fsp3) is 0.727. The van der Waals surface area contributed by atoms with Gasteiger partial charge in [0.25, 0.3) is 0 Å². The van der Waals surface area contributed by atoms with E-state index in [4.69, 9.17) is 0 Å². The number of thioether (sulfide) groups is 1. The molecule has 4 heteroatoms. The molecule has 1 rings (SSSR count). The maximum atomic E-state index is 11.4. The summed E-state index contributed by atoms with van der Waals surface area (Å²) in [7, 11) is 0. The van der Waals surface area contributed by atoms with Crippen LogP contribution < -0.4 is 5.32 Å². The van der Waals surface area contributed by atoms with Crippen LogP contribution in [0.3, 0.4) is 0 Å². The van der Waals surface area contributed by atoms with E-state index in [1.807, 2.05) is 0 Å². The van der Waals surface area contributed by atoms with Crippen molar-refractivity contribution in [3.8, 4) is 0 Å². The van der Waals surface area contributed by atoms with E-state index in [0.29, 0.717) is 18.7 Å². The lowest BCUT2D eigenvalue weighted by molar-refractivity contribution is -0.145. The summed E-state index contributed by atoms with van der Waals surface area (Å²) in [5.74, 6) is 0.918. The molecular weight excluding hydrogens is 210 g/mol. The minimum atomic E-state index is -0.777. The molecule has 86 valence electrons. The van der Waals surface area contributed by atoms with Crippen LogP contribution in [0, 0.1) is 5.41 Å². The number of aliphatic carboxylic acids is 1. The number of carboxylic acids is 1. The third kappa shape index (κ3) is 2.98. The second-order valence-electron chi connectivity index (χ2n) is 4.89. The summed E-state index contributed by atoms with van der Waals surface area (Å²) in [6.07, 6.45) is 2.38. The smallest absolute Gasteiger partial charge is 0.324 e. The van der Waals surface area contributed by atoms with E-state index < -0.39 is 11.5 Å². The molecule has 1 aliphatic rings. The Morgan fingerprint density at radius 1 is 1.60 bits per heavy atom. The normalized spacial score (nSPS) is 29.7. The monoisotopic (exact) mass is 229 g/mol. The maximum Gasteiger partial charge on any atom is 0.324 e. The Labute approximate surface area is 95.3 Å². The summed E-state index contributed by atoms with van der Waals surface area (Å²) >= 11 is 1.71. The van der Waals surface area contributed by atoms with Gasteiger partial charge >= 0.3 is 5.97 Å². The zero-order valence-electron chi connectivity index (χ0n) is 9.38. The molecule has 15 heavy (non-hydrogen) atoms. The van der Waals surface area contributed by atoms with Crippen molar-refractivity contribution < 1.29 is 9.90 Å². The lowest BCUT2D eigenvalue weighted by Crippen LogP contribution is -2.58. The Bertz CT molecular complexity index is 265. The van der Waals surface area contributed by atoms with Crippen molar-refractivity contribution in [3.05, 3.63) is 12.7 Å². The fourth-order valence-electron chi connectivity index (χ4n) is 2.01. The molecule has 2 N–H and O–H groups in total. The van der Waals surface area contributed by atoms with Crippen LogP contribution in [0.1, 0.15) is 20.3 Å². The van der Waals surface area contributed by atoms with Crippen LogP contribution in [0.15, 0.2) is 12.7 Å². The van der Waals surface area contributed by atoms with E-state index in [2.05, 4.69) is 25.7 Å². The summed E-state index contributed by atoms with van der Waals surface area (Å²) in [4.78, 5) is 11.4. The maximum absolute atomic E-state index is 11.4. The highest BCUT2D eigenvalue weighted by molar-refractivity contribution is 7.99. The van der Waals surface area contributed by atoms with Crippen molar-refractivity contribution in [2.24, 2.45) is 5.41 Å². The number of hydrogen-bond acceptors (Lipinski definition) is 3. The molecule has 0 radical (unpaired) electrons. The first kappa shape index (κ1) is 12.6. The Morgan fingerprint density at radius 3 is 2.73 bits per heavy atom. The van der Waals surface area contributed by atoms with Gasteiger partial charge in [0.1, 0.15) is 5.54 Å². The third-order valence-corrected chi connectivity index (χ3v) is 4.30. The van der Waals surface area contributed by atoms with Gasteiger partial charge in [-0.05, 0) is 17.6 Å². The number of carbonyl (C=O) groups is 1.